The van der Waals surface area contributed by atoms with Gasteiger partial charge < -0.3 is 9.80 Å². The van der Waals surface area contributed by atoms with E-state index < -0.39 is 0 Å². The Morgan fingerprint density at radius 2 is 1.95 bits per heavy atom. The molecule has 0 saturated carbocycles. The molecule has 1 heterocycles. The molecule has 0 aromatic heterocycles. The number of carbonyl (C=O) groups is 1. The van der Waals surface area contributed by atoms with Gasteiger partial charge in [-0.15, -0.1) is 0 Å². The minimum Gasteiger partial charge on any atom is -0.339 e. The minimum atomic E-state index is 0.157. The second kappa shape index (κ2) is 7.23. The highest BCUT2D eigenvalue weighted by Crippen LogP contribution is 2.19. The van der Waals surface area contributed by atoms with Crippen molar-refractivity contribution in [1.29, 1.82) is 0 Å². The number of hydrogen-bond acceptors (Lipinski definition) is 2. The third-order valence-electron chi connectivity index (χ3n) is 4.15. The molecule has 1 aliphatic heterocycles. The van der Waals surface area contributed by atoms with E-state index in [1.54, 1.807) is 0 Å². The monoisotopic (exact) mass is 338 g/mol. The lowest BCUT2D eigenvalue weighted by Gasteiger charge is -2.37. The SMILES string of the molecule is CCN(CC)C1CCN(C(=O)c2cccc(Br)c2)CC1. The molecule has 110 valence electrons. The predicted octanol–water partition coefficient (Wildman–Crippen LogP) is 3.40. The van der Waals surface area contributed by atoms with Gasteiger partial charge in [-0.25, -0.2) is 0 Å². The molecule has 0 unspecified atom stereocenters. The molecule has 0 atom stereocenters. The maximum Gasteiger partial charge on any atom is 0.253 e. The fourth-order valence-electron chi connectivity index (χ4n) is 2.98. The van der Waals surface area contributed by atoms with Crippen LogP contribution in [0.3, 0.4) is 0 Å². The zero-order valence-corrected chi connectivity index (χ0v) is 13.9. The molecule has 0 aliphatic carbocycles. The molecule has 0 radical (unpaired) electrons. The standard InChI is InChI=1S/C16H23BrN2O/c1-3-18(4-2)15-8-10-19(11-9-15)16(20)13-6-5-7-14(17)12-13/h5-7,12,15H,3-4,8-11H2,1-2H3. The van der Waals surface area contributed by atoms with Crippen LogP contribution in [0.1, 0.15) is 37.0 Å². The Kier molecular flexibility index (Phi) is 5.61. The van der Waals surface area contributed by atoms with Crippen LogP contribution in [0.15, 0.2) is 28.7 Å². The van der Waals surface area contributed by atoms with Crippen molar-refractivity contribution in [1.82, 2.24) is 9.80 Å². The zero-order chi connectivity index (χ0) is 14.5. The predicted molar refractivity (Wildman–Crippen MR) is 86.0 cm³/mol. The molecule has 3 nitrogen and oxygen atoms in total. The molecular weight excluding hydrogens is 316 g/mol. The van der Waals surface area contributed by atoms with E-state index in [9.17, 15) is 4.79 Å². The van der Waals surface area contributed by atoms with Crippen molar-refractivity contribution in [3.8, 4) is 0 Å². The van der Waals surface area contributed by atoms with E-state index >= 15 is 0 Å². The quantitative estimate of drug-likeness (QED) is 0.839. The van der Waals surface area contributed by atoms with Crippen molar-refractivity contribution in [3.63, 3.8) is 0 Å². The number of halogens is 1. The van der Waals surface area contributed by atoms with E-state index in [2.05, 4.69) is 34.7 Å². The van der Waals surface area contributed by atoms with Crippen LogP contribution < -0.4 is 0 Å². The van der Waals surface area contributed by atoms with Crippen LogP contribution in [-0.2, 0) is 0 Å². The van der Waals surface area contributed by atoms with Gasteiger partial charge in [-0.1, -0.05) is 35.8 Å². The lowest BCUT2D eigenvalue weighted by Crippen LogP contribution is -2.46. The maximum absolute atomic E-state index is 12.5. The van der Waals surface area contributed by atoms with Crippen molar-refractivity contribution in [2.75, 3.05) is 26.2 Å². The van der Waals surface area contributed by atoms with Gasteiger partial charge >= 0.3 is 0 Å². The van der Waals surface area contributed by atoms with Gasteiger partial charge in [0.25, 0.3) is 5.91 Å². The smallest absolute Gasteiger partial charge is 0.253 e. The Labute approximate surface area is 130 Å². The number of piperidine rings is 1. The second-order valence-electron chi connectivity index (χ2n) is 5.25. The van der Waals surface area contributed by atoms with Gasteiger partial charge in [0.2, 0.25) is 0 Å². The summed E-state index contributed by atoms with van der Waals surface area (Å²) in [6.07, 6.45) is 2.17. The van der Waals surface area contributed by atoms with Gasteiger partial charge in [-0.2, -0.15) is 0 Å². The number of benzene rings is 1. The fourth-order valence-corrected chi connectivity index (χ4v) is 3.38. The van der Waals surface area contributed by atoms with Crippen molar-refractivity contribution in [3.05, 3.63) is 34.3 Å². The number of carbonyl (C=O) groups excluding carboxylic acids is 1. The third-order valence-corrected chi connectivity index (χ3v) is 4.65. The second-order valence-corrected chi connectivity index (χ2v) is 6.17. The highest BCUT2D eigenvalue weighted by atomic mass is 79.9. The van der Waals surface area contributed by atoms with E-state index in [0.29, 0.717) is 6.04 Å². The van der Waals surface area contributed by atoms with E-state index in [1.807, 2.05) is 29.2 Å². The molecule has 1 fully saturated rings. The molecule has 1 amide bonds. The van der Waals surface area contributed by atoms with Crippen LogP contribution in [0, 0.1) is 0 Å². The number of rotatable bonds is 4. The van der Waals surface area contributed by atoms with Crippen molar-refractivity contribution >= 4 is 21.8 Å². The minimum absolute atomic E-state index is 0.157. The van der Waals surface area contributed by atoms with Gasteiger partial charge in [-0.3, -0.25) is 4.79 Å². The first kappa shape index (κ1) is 15.5. The largest absolute Gasteiger partial charge is 0.339 e. The highest BCUT2D eigenvalue weighted by molar-refractivity contribution is 9.10. The molecule has 1 aliphatic rings. The van der Waals surface area contributed by atoms with E-state index in [-0.39, 0.29) is 5.91 Å². The molecule has 0 spiro atoms. The van der Waals surface area contributed by atoms with Gasteiger partial charge in [-0.05, 0) is 44.1 Å². The fraction of sp³-hybridized carbons (Fsp3) is 0.562. The summed E-state index contributed by atoms with van der Waals surface area (Å²) in [5.41, 5.74) is 0.778. The van der Waals surface area contributed by atoms with E-state index in [4.69, 9.17) is 0 Å². The summed E-state index contributed by atoms with van der Waals surface area (Å²) in [6.45, 7) is 8.35. The maximum atomic E-state index is 12.5. The molecule has 2 rings (SSSR count). The molecule has 1 aromatic carbocycles. The van der Waals surface area contributed by atoms with Gasteiger partial charge in [0.15, 0.2) is 0 Å². The Balaban J connectivity index is 1.95. The summed E-state index contributed by atoms with van der Waals surface area (Å²) < 4.78 is 0.960. The molecule has 0 bridgehead atoms. The average Bonchev–Trinajstić information content (AvgIpc) is 2.48. The Morgan fingerprint density at radius 3 is 2.50 bits per heavy atom. The van der Waals surface area contributed by atoms with Crippen LogP contribution in [0.2, 0.25) is 0 Å². The third kappa shape index (κ3) is 3.61. The molecule has 20 heavy (non-hydrogen) atoms. The Hall–Kier alpha value is -0.870. The summed E-state index contributed by atoms with van der Waals surface area (Å²) in [4.78, 5) is 16.9. The first-order valence-corrected chi connectivity index (χ1v) is 8.23. The van der Waals surface area contributed by atoms with Gasteiger partial charge in [0.1, 0.15) is 0 Å². The zero-order valence-electron chi connectivity index (χ0n) is 12.3. The molecule has 1 aromatic rings. The van der Waals surface area contributed by atoms with Crippen molar-refractivity contribution in [2.24, 2.45) is 0 Å². The molecular formula is C16H23BrN2O. The number of likely N-dealkylation sites (tertiary alicyclic amines) is 1. The highest BCUT2D eigenvalue weighted by Gasteiger charge is 2.26. The topological polar surface area (TPSA) is 23.6 Å². The van der Waals surface area contributed by atoms with Crippen LogP contribution in [0.5, 0.6) is 0 Å². The van der Waals surface area contributed by atoms with Crippen LogP contribution in [0.25, 0.3) is 0 Å². The first-order chi connectivity index (χ1) is 9.65. The Morgan fingerprint density at radius 1 is 1.30 bits per heavy atom. The molecule has 1 saturated heterocycles. The average molecular weight is 339 g/mol. The summed E-state index contributed by atoms with van der Waals surface area (Å²) in [5.74, 6) is 0.157. The normalized spacial score (nSPS) is 16.7. The van der Waals surface area contributed by atoms with Crippen LogP contribution in [0.4, 0.5) is 0 Å². The lowest BCUT2D eigenvalue weighted by atomic mass is 10.0. The van der Waals surface area contributed by atoms with Crippen molar-refractivity contribution < 1.29 is 4.79 Å². The summed E-state index contributed by atoms with van der Waals surface area (Å²) in [5, 5.41) is 0. The van der Waals surface area contributed by atoms with Crippen LogP contribution >= 0.6 is 15.9 Å². The number of amides is 1. The number of nitrogens with zero attached hydrogens (tertiary/aromatic N) is 2. The van der Waals surface area contributed by atoms with Crippen molar-refractivity contribution in [2.45, 2.75) is 32.7 Å². The summed E-state index contributed by atoms with van der Waals surface area (Å²) >= 11 is 3.42. The van der Waals surface area contributed by atoms with E-state index in [0.717, 1.165) is 49.1 Å². The summed E-state index contributed by atoms with van der Waals surface area (Å²) in [6, 6.07) is 8.29. The molecule has 4 heteroatoms. The van der Waals surface area contributed by atoms with Crippen LogP contribution in [-0.4, -0.2) is 47.9 Å². The number of hydrogen-bond donors (Lipinski definition) is 0. The summed E-state index contributed by atoms with van der Waals surface area (Å²) in [7, 11) is 0. The van der Waals surface area contributed by atoms with E-state index in [1.165, 1.54) is 0 Å². The van der Waals surface area contributed by atoms with Gasteiger partial charge in [0.05, 0.1) is 0 Å². The lowest BCUT2D eigenvalue weighted by molar-refractivity contribution is 0.0631. The Bertz CT molecular complexity index is 452. The first-order valence-electron chi connectivity index (χ1n) is 7.44. The van der Waals surface area contributed by atoms with Gasteiger partial charge in [0, 0.05) is 29.2 Å². The molecule has 0 N–H and O–H groups in total.